The van der Waals surface area contributed by atoms with Crippen LogP contribution in [0.15, 0.2) is 54.6 Å². The molecule has 0 saturated heterocycles. The number of hydrogen-bond donors (Lipinski definition) is 0. The second-order valence-electron chi connectivity index (χ2n) is 5.96. The fourth-order valence-corrected chi connectivity index (χ4v) is 3.74. The quantitative estimate of drug-likeness (QED) is 0.358. The molecule has 0 bridgehead atoms. The van der Waals surface area contributed by atoms with Crippen LogP contribution in [0.2, 0.25) is 0 Å². The van der Waals surface area contributed by atoms with Crippen LogP contribution in [-0.4, -0.2) is 24.1 Å². The number of benzene rings is 2. The topological polar surface area (TPSA) is 66.4 Å². The molecule has 2 aromatic rings. The summed E-state index contributed by atoms with van der Waals surface area (Å²) in [5.41, 5.74) is -5.77. The van der Waals surface area contributed by atoms with E-state index < -0.39 is 15.6 Å². The molecule has 0 aliphatic rings. The highest BCUT2D eigenvalue weighted by Gasteiger charge is 2.36. The molecule has 0 unspecified atom stereocenters. The minimum Gasteiger partial charge on any atom is -0.741 e. The Morgan fingerprint density at radius 3 is 1.69 bits per heavy atom. The lowest BCUT2D eigenvalue weighted by Crippen LogP contribution is -3.61. The molecule has 0 radical (unpaired) electrons. The molecule has 2 rings (SSSR count). The first-order chi connectivity index (χ1) is 11.8. The summed E-state index contributed by atoms with van der Waals surface area (Å²) in [5.74, 6) is 0.948. The van der Waals surface area contributed by atoms with E-state index in [0.29, 0.717) is 0 Å². The van der Waals surface area contributed by atoms with E-state index in [1.54, 1.807) is 0 Å². The number of rotatable bonds is 3. The van der Waals surface area contributed by atoms with Crippen molar-refractivity contribution in [3.05, 3.63) is 61.7 Å². The molecule has 4 nitrogen and oxygen atoms in total. The van der Waals surface area contributed by atoms with Crippen molar-refractivity contribution in [3.8, 4) is 5.75 Å². The van der Waals surface area contributed by atoms with Crippen LogP contribution in [0.1, 0.15) is 20.8 Å². The molecule has 0 N–H and O–H groups in total. The van der Waals surface area contributed by atoms with Gasteiger partial charge in [0.15, 0.2) is 17.3 Å². The van der Waals surface area contributed by atoms with Crippen LogP contribution in [0.25, 0.3) is 0 Å². The van der Waals surface area contributed by atoms with E-state index in [2.05, 4.69) is 75.4 Å². The molecule has 26 heavy (non-hydrogen) atoms. The molecular weight excluding hydrogens is 484 g/mol. The summed E-state index contributed by atoms with van der Waals surface area (Å²) in [4.78, 5) is 0. The van der Waals surface area contributed by atoms with Crippen LogP contribution >= 0.6 is 0 Å². The minimum atomic E-state index is -6.09. The van der Waals surface area contributed by atoms with Gasteiger partial charge in [-0.2, -0.15) is 13.2 Å². The maximum Gasteiger partial charge on any atom is 0.485 e. The van der Waals surface area contributed by atoms with E-state index in [1.165, 1.54) is 7.14 Å². The Bertz CT molecular complexity index is 783. The lowest BCUT2D eigenvalue weighted by molar-refractivity contribution is -0.597. The van der Waals surface area contributed by atoms with Gasteiger partial charge in [0.2, 0.25) is 0 Å². The van der Waals surface area contributed by atoms with E-state index in [1.807, 2.05) is 0 Å². The molecule has 0 amide bonds. The number of hydrogen-bond acceptors (Lipinski definition) is 4. The van der Waals surface area contributed by atoms with Crippen LogP contribution < -0.4 is 25.9 Å². The number of ether oxygens (including phenoxy) is 1. The van der Waals surface area contributed by atoms with Crippen LogP contribution in [0.5, 0.6) is 5.75 Å². The summed E-state index contributed by atoms with van der Waals surface area (Å²) in [6.07, 6.45) is 0. The third-order valence-electron chi connectivity index (χ3n) is 2.47. The molecule has 2 aromatic carbocycles. The van der Waals surface area contributed by atoms with Gasteiger partial charge in [-0.25, -0.2) is 8.42 Å². The largest absolute Gasteiger partial charge is 0.741 e. The Morgan fingerprint density at radius 1 is 0.885 bits per heavy atom. The van der Waals surface area contributed by atoms with Gasteiger partial charge in [0, 0.05) is 0 Å². The number of halogens is 4. The van der Waals surface area contributed by atoms with Gasteiger partial charge in [-0.15, -0.1) is 0 Å². The van der Waals surface area contributed by atoms with Crippen molar-refractivity contribution in [2.75, 3.05) is 0 Å². The van der Waals surface area contributed by atoms with E-state index in [0.717, 1.165) is 5.75 Å². The fraction of sp³-hybridized carbons (Fsp3) is 0.294. The third-order valence-corrected chi connectivity index (χ3v) is 5.72. The average molecular weight is 502 g/mol. The lowest BCUT2D eigenvalue weighted by atomic mass is 10.2. The normalized spacial score (nSPS) is 12.1. The molecule has 0 aromatic heterocycles. The SMILES string of the molecule is CC(C)(C)Oc1ccc([I+]c2ccccc2)cc1.O=S(=O)([O-])C(F)(F)F. The van der Waals surface area contributed by atoms with E-state index in [4.69, 9.17) is 17.7 Å². The lowest BCUT2D eigenvalue weighted by Gasteiger charge is -2.20. The van der Waals surface area contributed by atoms with E-state index in [9.17, 15) is 13.2 Å². The van der Waals surface area contributed by atoms with Crippen LogP contribution in [-0.2, 0) is 10.1 Å². The Hall–Kier alpha value is -1.33. The van der Waals surface area contributed by atoms with Crippen molar-refractivity contribution >= 4 is 10.1 Å². The standard InChI is InChI=1S/C16H18IO.CHF3O3S/c1-16(2,3)18-15-11-9-14(10-12-15)17-13-7-5-4-6-8-13;2-1(3,4)8(5,6)7/h4-12H,1-3H3;(H,5,6,7)/q+1;/p-1. The van der Waals surface area contributed by atoms with Gasteiger partial charge in [0.25, 0.3) is 0 Å². The van der Waals surface area contributed by atoms with Crippen molar-refractivity contribution in [1.82, 2.24) is 0 Å². The van der Waals surface area contributed by atoms with E-state index >= 15 is 0 Å². The number of alkyl halides is 3. The first kappa shape index (κ1) is 22.7. The summed E-state index contributed by atoms with van der Waals surface area (Å²) in [7, 11) is -6.09. The zero-order valence-corrected chi connectivity index (χ0v) is 17.2. The fourth-order valence-electron chi connectivity index (χ4n) is 1.52. The molecule has 0 fully saturated rings. The zero-order chi connectivity index (χ0) is 20.0. The van der Waals surface area contributed by atoms with Gasteiger partial charge in [-0.1, -0.05) is 18.2 Å². The Balaban J connectivity index is 0.000000359. The monoisotopic (exact) mass is 502 g/mol. The van der Waals surface area contributed by atoms with Crippen molar-refractivity contribution in [2.45, 2.75) is 31.9 Å². The average Bonchev–Trinajstić information content (AvgIpc) is 2.47. The minimum absolute atomic E-state index is 0.0737. The Kier molecular flexibility index (Phi) is 7.90. The second-order valence-corrected chi connectivity index (χ2v) is 10.4. The zero-order valence-electron chi connectivity index (χ0n) is 14.2. The van der Waals surface area contributed by atoms with Crippen molar-refractivity contribution in [3.63, 3.8) is 0 Å². The van der Waals surface area contributed by atoms with Gasteiger partial charge in [-0.3, -0.25) is 0 Å². The van der Waals surface area contributed by atoms with Gasteiger partial charge >= 0.3 is 26.7 Å². The van der Waals surface area contributed by atoms with Crippen LogP contribution in [0.4, 0.5) is 13.2 Å². The predicted octanol–water partition coefficient (Wildman–Crippen LogP) is 1.04. The third kappa shape index (κ3) is 8.86. The van der Waals surface area contributed by atoms with Crippen LogP contribution in [0, 0.1) is 7.14 Å². The predicted molar refractivity (Wildman–Crippen MR) is 86.4 cm³/mol. The maximum atomic E-state index is 10.7. The molecule has 0 saturated carbocycles. The summed E-state index contributed by atoms with van der Waals surface area (Å²) in [6, 6.07) is 19.2. The molecule has 0 aliphatic heterocycles. The molecule has 0 heterocycles. The van der Waals surface area contributed by atoms with Crippen LogP contribution in [0.3, 0.4) is 0 Å². The van der Waals surface area contributed by atoms with Gasteiger partial charge in [-0.05, 0) is 57.2 Å². The maximum absolute atomic E-state index is 10.7. The van der Waals surface area contributed by atoms with Gasteiger partial charge in [0.1, 0.15) is 11.4 Å². The Morgan fingerprint density at radius 2 is 1.31 bits per heavy atom. The van der Waals surface area contributed by atoms with Crippen molar-refractivity contribution in [2.24, 2.45) is 0 Å². The smallest absolute Gasteiger partial charge is 0.485 e. The molecule has 0 atom stereocenters. The summed E-state index contributed by atoms with van der Waals surface area (Å²) in [6.45, 7) is 6.20. The molecule has 144 valence electrons. The summed E-state index contributed by atoms with van der Waals surface area (Å²) < 4.78 is 67.6. The first-order valence-corrected chi connectivity index (χ1v) is 10.9. The van der Waals surface area contributed by atoms with Gasteiger partial charge < -0.3 is 9.29 Å². The molecule has 0 aliphatic carbocycles. The summed E-state index contributed by atoms with van der Waals surface area (Å²) in [5, 5.41) is 0. The van der Waals surface area contributed by atoms with E-state index in [-0.39, 0.29) is 26.8 Å². The highest BCUT2D eigenvalue weighted by Crippen LogP contribution is 2.20. The van der Waals surface area contributed by atoms with Crippen molar-refractivity contribution in [1.29, 1.82) is 0 Å². The highest BCUT2D eigenvalue weighted by molar-refractivity contribution is 7.86. The Labute approximate surface area is 161 Å². The molecular formula is C17H18F3IO4S. The second kappa shape index (κ2) is 9.05. The first-order valence-electron chi connectivity index (χ1n) is 7.29. The molecule has 9 heteroatoms. The van der Waals surface area contributed by atoms with Crippen molar-refractivity contribution < 1.29 is 52.1 Å². The molecule has 0 spiro atoms. The summed E-state index contributed by atoms with van der Waals surface area (Å²) >= 11 is -0.0737. The highest BCUT2D eigenvalue weighted by atomic mass is 127. The van der Waals surface area contributed by atoms with Gasteiger partial charge in [0.05, 0.1) is 0 Å².